The van der Waals surface area contributed by atoms with E-state index in [4.69, 9.17) is 19.9 Å². The Balaban J connectivity index is 1.86. The van der Waals surface area contributed by atoms with Crippen LogP contribution in [0.4, 0.5) is 4.79 Å². The van der Waals surface area contributed by atoms with Crippen LogP contribution >= 0.6 is 11.8 Å². The van der Waals surface area contributed by atoms with Crippen molar-refractivity contribution in [3.8, 4) is 0 Å². The summed E-state index contributed by atoms with van der Waals surface area (Å²) in [6.45, 7) is 5.13. The summed E-state index contributed by atoms with van der Waals surface area (Å²) in [5.74, 6) is -0.579. The van der Waals surface area contributed by atoms with Crippen LogP contribution in [0.5, 0.6) is 0 Å². The monoisotopic (exact) mass is 474 g/mol. The number of amides is 2. The Morgan fingerprint density at radius 2 is 2.03 bits per heavy atom. The lowest BCUT2D eigenvalue weighted by Gasteiger charge is -2.22. The predicted octanol–water partition coefficient (Wildman–Crippen LogP) is -0.209. The number of imidazole rings is 1. The number of aliphatic hydroxyl groups is 2. The van der Waals surface area contributed by atoms with Gasteiger partial charge in [0, 0.05) is 11.9 Å². The number of rotatable bonds is 9. The fraction of sp³-hybridized carbons (Fsp3) is 0.684. The van der Waals surface area contributed by atoms with Crippen LogP contribution in [0, 0.1) is 0 Å². The fourth-order valence-corrected chi connectivity index (χ4v) is 4.04. The molecule has 12 nitrogen and oxygen atoms in total. The zero-order valence-corrected chi connectivity index (χ0v) is 19.2. The molecule has 13 heteroatoms. The van der Waals surface area contributed by atoms with E-state index >= 15 is 0 Å². The number of nitrogens with zero attached hydrogens (tertiary/aromatic N) is 2. The smallest absolute Gasteiger partial charge is 0.408 e. The molecule has 1 aliphatic heterocycles. The number of hydrogen-bond donors (Lipinski definition) is 4. The molecule has 2 rings (SSSR count). The number of aromatic nitrogens is 2. The van der Waals surface area contributed by atoms with E-state index in [9.17, 15) is 24.6 Å². The maximum Gasteiger partial charge on any atom is 0.408 e. The SMILES string of the molecule is COC(=O)[C@@H](CCSC[C@H]1O[C@@H](n2cnc(C(N)=O)c2)[C@H](O)[C@@H]1O)NC(=O)OC(C)(C)C. The van der Waals surface area contributed by atoms with Gasteiger partial charge < -0.3 is 40.0 Å². The first-order chi connectivity index (χ1) is 14.9. The standard InChI is InChI=1S/C19H30N4O8S/c1-19(2,3)31-18(28)22-10(17(27)29-4)5-6-32-8-12-13(24)14(25)16(30-12)23-7-11(15(20)26)21-9-23/h7,9-10,12-14,16,24-25H,5-6,8H2,1-4H3,(H2,20,26)(H,22,28)/t10-,12-,13-,14-,16-/m1/s1. The molecule has 32 heavy (non-hydrogen) atoms. The first kappa shape index (κ1) is 25.9. The highest BCUT2D eigenvalue weighted by atomic mass is 32.2. The molecule has 0 spiro atoms. The molecule has 1 aromatic rings. The van der Waals surface area contributed by atoms with E-state index < -0.39 is 54.2 Å². The number of alkyl carbamates (subject to hydrolysis) is 1. The number of carbonyl (C=O) groups excluding carboxylic acids is 3. The Hall–Kier alpha value is -2.35. The van der Waals surface area contributed by atoms with Crippen LogP contribution in [-0.2, 0) is 19.0 Å². The molecular formula is C19H30N4O8S. The summed E-state index contributed by atoms with van der Waals surface area (Å²) in [6, 6.07) is -0.895. The van der Waals surface area contributed by atoms with Crippen LogP contribution in [0.25, 0.3) is 0 Å². The van der Waals surface area contributed by atoms with Gasteiger partial charge in [0.2, 0.25) is 0 Å². The lowest BCUT2D eigenvalue weighted by atomic mass is 10.1. The van der Waals surface area contributed by atoms with Gasteiger partial charge in [-0.15, -0.1) is 0 Å². The molecule has 0 bridgehead atoms. The van der Waals surface area contributed by atoms with Gasteiger partial charge in [-0.1, -0.05) is 0 Å². The van der Waals surface area contributed by atoms with Crippen molar-refractivity contribution in [2.75, 3.05) is 18.6 Å². The molecule has 0 aliphatic carbocycles. The first-order valence-electron chi connectivity index (χ1n) is 9.93. The maximum atomic E-state index is 12.0. The van der Waals surface area contributed by atoms with E-state index in [0.29, 0.717) is 11.5 Å². The van der Waals surface area contributed by atoms with Crippen molar-refractivity contribution in [3.63, 3.8) is 0 Å². The minimum Gasteiger partial charge on any atom is -0.467 e. The topological polar surface area (TPSA) is 175 Å². The normalized spacial score (nSPS) is 24.1. The van der Waals surface area contributed by atoms with Crippen LogP contribution in [0.1, 0.15) is 43.9 Å². The van der Waals surface area contributed by atoms with Gasteiger partial charge in [0.15, 0.2) is 6.23 Å². The number of methoxy groups -OCH3 is 1. The van der Waals surface area contributed by atoms with Gasteiger partial charge in [0.1, 0.15) is 29.5 Å². The number of esters is 1. The molecule has 1 aliphatic rings. The van der Waals surface area contributed by atoms with E-state index in [-0.39, 0.29) is 12.1 Å². The molecule has 180 valence electrons. The second kappa shape index (κ2) is 11.0. The number of hydrogen-bond acceptors (Lipinski definition) is 10. The predicted molar refractivity (Wildman–Crippen MR) is 114 cm³/mol. The van der Waals surface area contributed by atoms with Gasteiger partial charge in [0.25, 0.3) is 5.91 Å². The Bertz CT molecular complexity index is 811. The summed E-state index contributed by atoms with van der Waals surface area (Å²) >= 11 is 1.37. The third-order valence-corrected chi connectivity index (χ3v) is 5.58. The Labute approximate surface area is 189 Å². The number of carbonyl (C=O) groups is 3. The maximum absolute atomic E-state index is 12.0. The van der Waals surface area contributed by atoms with Crippen LogP contribution in [0.2, 0.25) is 0 Å². The summed E-state index contributed by atoms with van der Waals surface area (Å²) in [5, 5.41) is 23.1. The molecule has 1 saturated heterocycles. The molecule has 1 aromatic heterocycles. The Morgan fingerprint density at radius 3 is 2.59 bits per heavy atom. The van der Waals surface area contributed by atoms with Crippen LogP contribution in [-0.4, -0.2) is 86.3 Å². The molecule has 1 fully saturated rings. The zero-order valence-electron chi connectivity index (χ0n) is 18.4. The van der Waals surface area contributed by atoms with E-state index in [0.717, 1.165) is 0 Å². The third kappa shape index (κ3) is 7.08. The van der Waals surface area contributed by atoms with Crippen molar-refractivity contribution < 1.29 is 38.8 Å². The van der Waals surface area contributed by atoms with Gasteiger partial charge in [-0.2, -0.15) is 11.8 Å². The van der Waals surface area contributed by atoms with Gasteiger partial charge in [-0.05, 0) is 32.9 Å². The van der Waals surface area contributed by atoms with Crippen LogP contribution < -0.4 is 11.1 Å². The second-order valence-electron chi connectivity index (χ2n) is 8.20. The molecule has 5 atom stereocenters. The largest absolute Gasteiger partial charge is 0.467 e. The molecule has 5 N–H and O–H groups in total. The van der Waals surface area contributed by atoms with E-state index in [1.807, 2.05) is 0 Å². The lowest BCUT2D eigenvalue weighted by Crippen LogP contribution is -2.44. The van der Waals surface area contributed by atoms with Crippen molar-refractivity contribution in [1.82, 2.24) is 14.9 Å². The molecule has 0 aromatic carbocycles. The number of nitrogens with one attached hydrogen (secondary N) is 1. The number of nitrogens with two attached hydrogens (primary N) is 1. The number of aliphatic hydroxyl groups excluding tert-OH is 2. The van der Waals surface area contributed by atoms with E-state index in [1.165, 1.54) is 36.0 Å². The minimum absolute atomic E-state index is 0.0134. The summed E-state index contributed by atoms with van der Waals surface area (Å²) < 4.78 is 17.0. The fourth-order valence-electron chi connectivity index (χ4n) is 2.96. The van der Waals surface area contributed by atoms with Crippen LogP contribution in [0.3, 0.4) is 0 Å². The minimum atomic E-state index is -1.23. The first-order valence-corrected chi connectivity index (χ1v) is 11.1. The molecule has 0 unspecified atom stereocenters. The molecule has 0 saturated carbocycles. The van der Waals surface area contributed by atoms with Crippen LogP contribution in [0.15, 0.2) is 12.5 Å². The highest BCUT2D eigenvalue weighted by Crippen LogP contribution is 2.31. The summed E-state index contributed by atoms with van der Waals surface area (Å²) in [5.41, 5.74) is 4.48. The van der Waals surface area contributed by atoms with Crippen molar-refractivity contribution >= 4 is 29.7 Å². The van der Waals surface area contributed by atoms with Gasteiger partial charge in [-0.25, -0.2) is 14.6 Å². The van der Waals surface area contributed by atoms with Gasteiger partial charge in [-0.3, -0.25) is 4.79 Å². The number of thioether (sulfide) groups is 1. The highest BCUT2D eigenvalue weighted by molar-refractivity contribution is 7.99. The molecule has 2 amide bonds. The Kier molecular flexibility index (Phi) is 8.89. The lowest BCUT2D eigenvalue weighted by molar-refractivity contribution is -0.143. The molecule has 2 heterocycles. The van der Waals surface area contributed by atoms with Gasteiger partial charge >= 0.3 is 12.1 Å². The average Bonchev–Trinajstić information content (AvgIpc) is 3.29. The molecule has 0 radical (unpaired) electrons. The zero-order chi connectivity index (χ0) is 24.1. The number of primary amides is 1. The summed E-state index contributed by atoms with van der Waals surface area (Å²) in [4.78, 5) is 39.0. The quantitative estimate of drug-likeness (QED) is 0.277. The summed E-state index contributed by atoms with van der Waals surface area (Å²) in [6.07, 6.45) is -1.86. The average molecular weight is 475 g/mol. The number of ether oxygens (including phenoxy) is 3. The van der Waals surface area contributed by atoms with E-state index in [1.54, 1.807) is 20.8 Å². The van der Waals surface area contributed by atoms with Gasteiger partial charge in [0.05, 0.1) is 19.5 Å². The summed E-state index contributed by atoms with van der Waals surface area (Å²) in [7, 11) is 1.23. The van der Waals surface area contributed by atoms with Crippen molar-refractivity contribution in [2.45, 2.75) is 63.4 Å². The molecular weight excluding hydrogens is 444 g/mol. The van der Waals surface area contributed by atoms with Crippen molar-refractivity contribution in [2.24, 2.45) is 5.73 Å². The van der Waals surface area contributed by atoms with Crippen molar-refractivity contribution in [1.29, 1.82) is 0 Å². The van der Waals surface area contributed by atoms with E-state index in [2.05, 4.69) is 10.3 Å². The van der Waals surface area contributed by atoms with Crippen molar-refractivity contribution in [3.05, 3.63) is 18.2 Å². The highest BCUT2D eigenvalue weighted by Gasteiger charge is 2.43. The Morgan fingerprint density at radius 1 is 1.34 bits per heavy atom. The second-order valence-corrected chi connectivity index (χ2v) is 9.35. The third-order valence-electron chi connectivity index (χ3n) is 4.49.